The number of rotatable bonds is 10. The number of nitrogens with one attached hydrogen (secondary N) is 3. The van der Waals surface area contributed by atoms with Crippen molar-refractivity contribution in [2.24, 2.45) is 11.3 Å². The predicted molar refractivity (Wildman–Crippen MR) is 156 cm³/mol. The molecule has 1 aliphatic heterocycles. The van der Waals surface area contributed by atoms with Gasteiger partial charge in [0.05, 0.1) is 22.9 Å². The van der Waals surface area contributed by atoms with Crippen LogP contribution in [0.2, 0.25) is 0 Å². The van der Waals surface area contributed by atoms with Crippen LogP contribution in [0.3, 0.4) is 0 Å². The number of benzene rings is 1. The van der Waals surface area contributed by atoms with Gasteiger partial charge in [-0.3, -0.25) is 24.4 Å². The number of amides is 3. The maximum atomic E-state index is 13.3. The van der Waals surface area contributed by atoms with Crippen LogP contribution < -0.4 is 21.2 Å². The smallest absolute Gasteiger partial charge is 0.258 e. The Balaban J connectivity index is 1.66. The zero-order chi connectivity index (χ0) is 30.5. The molecule has 0 saturated carbocycles. The fourth-order valence-electron chi connectivity index (χ4n) is 4.75. The lowest BCUT2D eigenvalue weighted by Crippen LogP contribution is -2.62. The van der Waals surface area contributed by atoms with Gasteiger partial charge in [-0.15, -0.1) is 0 Å². The van der Waals surface area contributed by atoms with Crippen molar-refractivity contribution >= 4 is 40.7 Å². The average molecular weight is 565 g/mol. The number of pyridine rings is 1. The number of aliphatic carboxylic acids is 1. The molecule has 1 fully saturated rings. The Morgan fingerprint density at radius 1 is 1.17 bits per heavy atom. The normalized spacial score (nSPS) is 17.5. The molecule has 3 rings (SSSR count). The average Bonchev–Trinajstić information content (AvgIpc) is 2.93. The summed E-state index contributed by atoms with van der Waals surface area (Å²) in [6, 6.07) is 5.35. The van der Waals surface area contributed by atoms with Gasteiger partial charge in [0.25, 0.3) is 5.91 Å². The predicted octanol–water partition coefficient (Wildman–Crippen LogP) is 2.04. The summed E-state index contributed by atoms with van der Waals surface area (Å²) in [5.41, 5.74) is 5.74. The number of carbonyl (C=O) groups is 4. The van der Waals surface area contributed by atoms with Gasteiger partial charge in [0.2, 0.25) is 11.8 Å². The van der Waals surface area contributed by atoms with Crippen molar-refractivity contribution in [1.82, 2.24) is 26.1 Å². The summed E-state index contributed by atoms with van der Waals surface area (Å²) in [6.45, 7) is 13.1. The van der Waals surface area contributed by atoms with E-state index in [4.69, 9.17) is 4.98 Å². The summed E-state index contributed by atoms with van der Waals surface area (Å²) < 4.78 is 0. The summed E-state index contributed by atoms with van der Waals surface area (Å²) in [6.07, 6.45) is 5.39. The minimum atomic E-state index is -1.28. The second kappa shape index (κ2) is 13.2. The minimum Gasteiger partial charge on any atom is -0.548 e. The number of fused-ring (bicyclic) bond motifs is 1. The summed E-state index contributed by atoms with van der Waals surface area (Å²) in [4.78, 5) is 55.3. The first kappa shape index (κ1) is 31.7. The Labute approximate surface area is 241 Å². The van der Waals surface area contributed by atoms with E-state index in [9.17, 15) is 24.3 Å². The SMILES string of the molecule is CCc1nc2cc(/C=C/C(C)(C)C(=O)N[C@H](C(=O)N[C@@H](C)C(=O)N3CCC[C@@H](C(=O)[O-])N3)C(C)C)ccc2cc1C. The number of carboxylic acid groups (broad SMARTS) is 1. The molecule has 3 amide bonds. The Hall–Kier alpha value is -3.79. The molecule has 222 valence electrons. The van der Waals surface area contributed by atoms with Gasteiger partial charge in [-0.25, -0.2) is 5.43 Å². The van der Waals surface area contributed by atoms with Gasteiger partial charge in [0.15, 0.2) is 0 Å². The van der Waals surface area contributed by atoms with Crippen LogP contribution in [-0.4, -0.2) is 58.4 Å². The number of nitrogens with zero attached hydrogens (tertiary/aromatic N) is 2. The van der Waals surface area contributed by atoms with Crippen LogP contribution >= 0.6 is 0 Å². The molecule has 0 bridgehead atoms. The van der Waals surface area contributed by atoms with Crippen LogP contribution in [0.15, 0.2) is 30.3 Å². The lowest BCUT2D eigenvalue weighted by molar-refractivity contribution is -0.310. The van der Waals surface area contributed by atoms with E-state index >= 15 is 0 Å². The highest BCUT2D eigenvalue weighted by Crippen LogP contribution is 2.23. The zero-order valence-corrected chi connectivity index (χ0v) is 25.0. The van der Waals surface area contributed by atoms with E-state index in [0.29, 0.717) is 19.4 Å². The summed E-state index contributed by atoms with van der Waals surface area (Å²) >= 11 is 0. The molecule has 1 saturated heterocycles. The van der Waals surface area contributed by atoms with Gasteiger partial charge in [0.1, 0.15) is 12.1 Å². The molecule has 0 unspecified atom stereocenters. The third-order valence-electron chi connectivity index (χ3n) is 7.45. The maximum absolute atomic E-state index is 13.3. The number of carbonyl (C=O) groups excluding carboxylic acids is 4. The van der Waals surface area contributed by atoms with Crippen LogP contribution in [-0.2, 0) is 25.6 Å². The number of hydrogen-bond acceptors (Lipinski definition) is 7. The van der Waals surface area contributed by atoms with Crippen molar-refractivity contribution in [3.8, 4) is 0 Å². The highest BCUT2D eigenvalue weighted by Gasteiger charge is 2.33. The first-order valence-corrected chi connectivity index (χ1v) is 14.2. The molecule has 3 atom stereocenters. The van der Waals surface area contributed by atoms with Crippen molar-refractivity contribution < 1.29 is 24.3 Å². The second-order valence-corrected chi connectivity index (χ2v) is 11.7. The van der Waals surface area contributed by atoms with E-state index in [1.165, 1.54) is 11.9 Å². The van der Waals surface area contributed by atoms with Crippen molar-refractivity contribution in [1.29, 1.82) is 0 Å². The molecular weight excluding hydrogens is 522 g/mol. The Kier molecular flexibility index (Phi) is 10.3. The second-order valence-electron chi connectivity index (χ2n) is 11.7. The van der Waals surface area contributed by atoms with Crippen molar-refractivity contribution in [3.05, 3.63) is 47.2 Å². The van der Waals surface area contributed by atoms with E-state index in [-0.39, 0.29) is 11.8 Å². The molecule has 10 nitrogen and oxygen atoms in total. The molecule has 3 N–H and O–H groups in total. The van der Waals surface area contributed by atoms with E-state index < -0.39 is 41.3 Å². The van der Waals surface area contributed by atoms with Crippen LogP contribution in [0.5, 0.6) is 0 Å². The van der Waals surface area contributed by atoms with Gasteiger partial charge in [-0.2, -0.15) is 0 Å². The minimum absolute atomic E-state index is 0.251. The van der Waals surface area contributed by atoms with Crippen LogP contribution in [0.25, 0.3) is 17.0 Å². The Morgan fingerprint density at radius 3 is 2.51 bits per heavy atom. The van der Waals surface area contributed by atoms with Crippen molar-refractivity contribution in [2.45, 2.75) is 85.9 Å². The van der Waals surface area contributed by atoms with E-state index in [1.54, 1.807) is 19.9 Å². The van der Waals surface area contributed by atoms with E-state index in [0.717, 1.165) is 34.1 Å². The highest BCUT2D eigenvalue weighted by molar-refractivity contribution is 5.94. The number of hydrogen-bond donors (Lipinski definition) is 3. The molecule has 2 heterocycles. The topological polar surface area (TPSA) is 144 Å². The zero-order valence-electron chi connectivity index (χ0n) is 25.0. The molecule has 0 aliphatic carbocycles. The summed E-state index contributed by atoms with van der Waals surface area (Å²) in [7, 11) is 0. The van der Waals surface area contributed by atoms with E-state index in [2.05, 4.69) is 36.0 Å². The quantitative estimate of drug-likeness (QED) is 0.401. The molecule has 41 heavy (non-hydrogen) atoms. The number of aromatic nitrogens is 1. The number of aryl methyl sites for hydroxylation is 2. The summed E-state index contributed by atoms with van der Waals surface area (Å²) in [5, 5.41) is 19.0. The van der Waals surface area contributed by atoms with E-state index in [1.807, 2.05) is 38.1 Å². The fraction of sp³-hybridized carbons (Fsp3) is 0.516. The maximum Gasteiger partial charge on any atom is 0.258 e. The first-order valence-electron chi connectivity index (χ1n) is 14.2. The van der Waals surface area contributed by atoms with Gasteiger partial charge in [-0.05, 0) is 76.1 Å². The number of hydrazine groups is 1. The molecule has 2 aromatic rings. The third kappa shape index (κ3) is 7.91. The third-order valence-corrected chi connectivity index (χ3v) is 7.45. The highest BCUT2D eigenvalue weighted by atomic mass is 16.4. The molecule has 0 spiro atoms. The monoisotopic (exact) mass is 564 g/mol. The van der Waals surface area contributed by atoms with Crippen LogP contribution in [0, 0.1) is 18.3 Å². The molecular formula is C31H42N5O5-. The standard InChI is InChI=1S/C31H43N5O5/c1-8-23-19(4)16-22-12-11-21(17-25(22)33-23)13-14-31(6,7)30(41)34-26(18(2)3)27(37)32-20(5)28(38)36-15-9-10-24(35-36)29(39)40/h11-14,16-18,20,24,26,35H,8-10,15H2,1-7H3,(H,32,37)(H,34,41)(H,39,40)/p-1/b14-13+/t20-,24-,26-/m0/s1. The van der Waals surface area contributed by atoms with Crippen molar-refractivity contribution in [2.75, 3.05) is 6.54 Å². The first-order chi connectivity index (χ1) is 19.2. The van der Waals surface area contributed by atoms with Gasteiger partial charge in [-0.1, -0.05) is 45.1 Å². The van der Waals surface area contributed by atoms with Crippen LogP contribution in [0.1, 0.15) is 71.2 Å². The lowest BCUT2D eigenvalue weighted by atomic mass is 9.89. The summed E-state index contributed by atoms with van der Waals surface area (Å²) in [5.74, 6) is -2.83. The number of carboxylic acids is 1. The Morgan fingerprint density at radius 2 is 1.88 bits per heavy atom. The largest absolute Gasteiger partial charge is 0.548 e. The Bertz CT molecular complexity index is 1340. The molecule has 1 aliphatic rings. The molecule has 0 radical (unpaired) electrons. The van der Waals surface area contributed by atoms with Crippen LogP contribution in [0.4, 0.5) is 0 Å². The molecule has 1 aromatic heterocycles. The molecule has 1 aromatic carbocycles. The fourth-order valence-corrected chi connectivity index (χ4v) is 4.75. The lowest BCUT2D eigenvalue weighted by Gasteiger charge is -2.36. The van der Waals surface area contributed by atoms with Crippen molar-refractivity contribution in [3.63, 3.8) is 0 Å². The van der Waals surface area contributed by atoms with Gasteiger partial charge >= 0.3 is 0 Å². The van der Waals surface area contributed by atoms with Gasteiger partial charge in [0, 0.05) is 17.6 Å². The van der Waals surface area contributed by atoms with Gasteiger partial charge < -0.3 is 20.5 Å². The molecule has 10 heteroatoms.